The van der Waals surface area contributed by atoms with Crippen molar-refractivity contribution in [1.82, 2.24) is 0 Å². The van der Waals surface area contributed by atoms with E-state index < -0.39 is 0 Å². The Morgan fingerprint density at radius 2 is 1.83 bits per heavy atom. The quantitative estimate of drug-likeness (QED) is 0.727. The second kappa shape index (κ2) is 4.27. The Morgan fingerprint density at radius 3 is 2.33 bits per heavy atom. The Hall–Kier alpha value is -0.820. The van der Waals surface area contributed by atoms with Gasteiger partial charge in [0.2, 0.25) is 0 Å². The lowest BCUT2D eigenvalue weighted by Gasteiger charge is -2.09. The van der Waals surface area contributed by atoms with Crippen LogP contribution in [-0.4, -0.2) is 11.7 Å². The third-order valence-electron chi connectivity index (χ3n) is 2.21. The lowest BCUT2D eigenvalue weighted by atomic mass is 9.97. The Balaban J connectivity index is 2.68. The maximum absolute atomic E-state index is 8.75. The molecule has 0 aliphatic carbocycles. The van der Waals surface area contributed by atoms with Gasteiger partial charge in [0.1, 0.15) is 0 Å². The minimum absolute atomic E-state index is 0.273. The van der Waals surface area contributed by atoms with Crippen LogP contribution in [0.2, 0.25) is 0 Å². The highest BCUT2D eigenvalue weighted by Gasteiger charge is 2.02. The normalized spacial score (nSPS) is 12.9. The van der Waals surface area contributed by atoms with Crippen LogP contribution in [0.5, 0.6) is 0 Å². The van der Waals surface area contributed by atoms with Gasteiger partial charge in [-0.1, -0.05) is 36.8 Å². The lowest BCUT2D eigenvalue weighted by molar-refractivity contribution is 0.278. The molecular formula is C11H16O. The smallest absolute Gasteiger partial charge is 0.0436 e. The van der Waals surface area contributed by atoms with Crippen LogP contribution >= 0.6 is 0 Å². The van der Waals surface area contributed by atoms with Crippen LogP contribution in [0.25, 0.3) is 0 Å². The molecule has 0 bridgehead atoms. The van der Waals surface area contributed by atoms with Crippen molar-refractivity contribution in [3.63, 3.8) is 0 Å². The fraction of sp³-hybridized carbons (Fsp3) is 0.455. The summed E-state index contributed by atoms with van der Waals surface area (Å²) in [6.07, 6.45) is 0.850. The fourth-order valence-corrected chi connectivity index (χ4v) is 1.26. The van der Waals surface area contributed by atoms with Gasteiger partial charge in [0.15, 0.2) is 0 Å². The number of aliphatic hydroxyl groups excluding tert-OH is 1. The molecule has 1 nitrogen and oxygen atoms in total. The predicted molar refractivity (Wildman–Crippen MR) is 51.3 cm³/mol. The SMILES string of the molecule is Cc1ccc([C@H](C)CCO)cc1. The highest BCUT2D eigenvalue weighted by atomic mass is 16.3. The maximum atomic E-state index is 8.75. The topological polar surface area (TPSA) is 20.2 Å². The molecule has 1 rings (SSSR count). The summed E-state index contributed by atoms with van der Waals surface area (Å²) < 4.78 is 0. The summed E-state index contributed by atoms with van der Waals surface area (Å²) in [7, 11) is 0. The molecule has 0 saturated heterocycles. The zero-order chi connectivity index (χ0) is 8.97. The van der Waals surface area contributed by atoms with Crippen molar-refractivity contribution in [3.8, 4) is 0 Å². The molecule has 1 N–H and O–H groups in total. The van der Waals surface area contributed by atoms with E-state index in [9.17, 15) is 0 Å². The summed E-state index contributed by atoms with van der Waals surface area (Å²) in [5, 5.41) is 8.75. The number of aryl methyl sites for hydroxylation is 1. The standard InChI is InChI=1S/C11H16O/c1-9-3-5-11(6-4-9)10(2)7-8-12/h3-6,10,12H,7-8H2,1-2H3/t10-/m1/s1. The van der Waals surface area contributed by atoms with E-state index in [1.165, 1.54) is 11.1 Å². The number of aliphatic hydroxyl groups is 1. The molecule has 12 heavy (non-hydrogen) atoms. The molecule has 0 heterocycles. The van der Waals surface area contributed by atoms with Gasteiger partial charge in [0.05, 0.1) is 0 Å². The van der Waals surface area contributed by atoms with E-state index in [1.54, 1.807) is 0 Å². The molecule has 0 aliphatic rings. The average Bonchev–Trinajstić information content (AvgIpc) is 2.06. The summed E-state index contributed by atoms with van der Waals surface area (Å²) >= 11 is 0. The molecule has 0 fully saturated rings. The molecule has 0 aliphatic heterocycles. The minimum atomic E-state index is 0.273. The van der Waals surface area contributed by atoms with E-state index in [0.717, 1.165) is 6.42 Å². The minimum Gasteiger partial charge on any atom is -0.396 e. The van der Waals surface area contributed by atoms with E-state index in [-0.39, 0.29) is 6.61 Å². The summed E-state index contributed by atoms with van der Waals surface area (Å²) in [6, 6.07) is 8.50. The monoisotopic (exact) mass is 164 g/mol. The Labute approximate surface area is 74.1 Å². The average molecular weight is 164 g/mol. The molecule has 0 aromatic heterocycles. The molecule has 0 saturated carbocycles. The number of hydrogen-bond donors (Lipinski definition) is 1. The van der Waals surface area contributed by atoms with Crippen LogP contribution in [-0.2, 0) is 0 Å². The number of rotatable bonds is 3. The number of benzene rings is 1. The molecule has 0 amide bonds. The molecule has 1 atom stereocenters. The van der Waals surface area contributed by atoms with Crippen LogP contribution < -0.4 is 0 Å². The molecule has 0 radical (unpaired) electrons. The van der Waals surface area contributed by atoms with Crippen molar-refractivity contribution in [3.05, 3.63) is 35.4 Å². The first-order valence-electron chi connectivity index (χ1n) is 4.41. The highest BCUT2D eigenvalue weighted by Crippen LogP contribution is 2.18. The van der Waals surface area contributed by atoms with Gasteiger partial charge in [-0.3, -0.25) is 0 Å². The largest absolute Gasteiger partial charge is 0.396 e. The van der Waals surface area contributed by atoms with Crippen LogP contribution in [0.1, 0.15) is 30.4 Å². The van der Waals surface area contributed by atoms with Gasteiger partial charge in [-0.15, -0.1) is 0 Å². The lowest BCUT2D eigenvalue weighted by Crippen LogP contribution is -1.96. The Bertz CT molecular complexity index is 225. The van der Waals surface area contributed by atoms with E-state index in [4.69, 9.17) is 5.11 Å². The first-order valence-corrected chi connectivity index (χ1v) is 4.41. The van der Waals surface area contributed by atoms with Crippen LogP contribution in [0.3, 0.4) is 0 Å². The summed E-state index contributed by atoms with van der Waals surface area (Å²) in [5.41, 5.74) is 2.60. The summed E-state index contributed by atoms with van der Waals surface area (Å²) in [6.45, 7) is 4.50. The third kappa shape index (κ3) is 2.35. The molecule has 1 aromatic rings. The Kier molecular flexibility index (Phi) is 3.30. The van der Waals surface area contributed by atoms with E-state index in [0.29, 0.717) is 5.92 Å². The maximum Gasteiger partial charge on any atom is 0.0436 e. The van der Waals surface area contributed by atoms with Crippen molar-refractivity contribution in [2.45, 2.75) is 26.2 Å². The fourth-order valence-electron chi connectivity index (χ4n) is 1.26. The van der Waals surface area contributed by atoms with Crippen LogP contribution in [0.4, 0.5) is 0 Å². The van der Waals surface area contributed by atoms with Crippen molar-refractivity contribution in [2.75, 3.05) is 6.61 Å². The van der Waals surface area contributed by atoms with Crippen molar-refractivity contribution in [1.29, 1.82) is 0 Å². The van der Waals surface area contributed by atoms with E-state index in [1.807, 2.05) is 0 Å². The van der Waals surface area contributed by atoms with Crippen LogP contribution in [0.15, 0.2) is 24.3 Å². The second-order valence-corrected chi connectivity index (χ2v) is 3.32. The molecule has 66 valence electrons. The van der Waals surface area contributed by atoms with Gasteiger partial charge in [-0.05, 0) is 24.8 Å². The highest BCUT2D eigenvalue weighted by molar-refractivity contribution is 5.23. The zero-order valence-corrected chi connectivity index (χ0v) is 7.75. The van der Waals surface area contributed by atoms with Gasteiger partial charge in [0, 0.05) is 6.61 Å². The van der Waals surface area contributed by atoms with Crippen molar-refractivity contribution < 1.29 is 5.11 Å². The van der Waals surface area contributed by atoms with Crippen molar-refractivity contribution >= 4 is 0 Å². The molecule has 1 heteroatoms. The van der Waals surface area contributed by atoms with Crippen LogP contribution in [0, 0.1) is 6.92 Å². The summed E-state index contributed by atoms with van der Waals surface area (Å²) in [4.78, 5) is 0. The first kappa shape index (κ1) is 9.27. The molecule has 1 aromatic carbocycles. The molecule has 0 spiro atoms. The van der Waals surface area contributed by atoms with Gasteiger partial charge in [-0.2, -0.15) is 0 Å². The molecule has 0 unspecified atom stereocenters. The van der Waals surface area contributed by atoms with E-state index in [2.05, 4.69) is 38.1 Å². The van der Waals surface area contributed by atoms with Gasteiger partial charge < -0.3 is 5.11 Å². The predicted octanol–water partition coefficient (Wildman–Crippen LogP) is 2.48. The number of hydrogen-bond acceptors (Lipinski definition) is 1. The molecular weight excluding hydrogens is 148 g/mol. The van der Waals surface area contributed by atoms with E-state index >= 15 is 0 Å². The van der Waals surface area contributed by atoms with Crippen molar-refractivity contribution in [2.24, 2.45) is 0 Å². The Morgan fingerprint density at radius 1 is 1.25 bits per heavy atom. The summed E-state index contributed by atoms with van der Waals surface area (Å²) in [5.74, 6) is 0.468. The van der Waals surface area contributed by atoms with Gasteiger partial charge in [0.25, 0.3) is 0 Å². The van der Waals surface area contributed by atoms with Gasteiger partial charge in [-0.25, -0.2) is 0 Å². The van der Waals surface area contributed by atoms with Gasteiger partial charge >= 0.3 is 0 Å². The zero-order valence-electron chi connectivity index (χ0n) is 7.75. The third-order valence-corrected chi connectivity index (χ3v) is 2.21. The first-order chi connectivity index (χ1) is 5.74. The second-order valence-electron chi connectivity index (χ2n) is 3.32.